The molecule has 0 radical (unpaired) electrons. The molecular weight excluding hydrogens is 304 g/mol. The number of likely N-dealkylation sites (tertiary alicyclic amines) is 1. The van der Waals surface area contributed by atoms with Crippen molar-refractivity contribution in [2.24, 2.45) is 5.92 Å². The second-order valence-corrected chi connectivity index (χ2v) is 5.26. The van der Waals surface area contributed by atoms with Crippen LogP contribution >= 0.6 is 15.9 Å². The predicted molar refractivity (Wildman–Crippen MR) is 68.8 cm³/mol. The van der Waals surface area contributed by atoms with Crippen molar-refractivity contribution >= 4 is 21.8 Å². The molecule has 0 bridgehead atoms. The van der Waals surface area contributed by atoms with Gasteiger partial charge in [0.2, 0.25) is 0 Å². The van der Waals surface area contributed by atoms with Gasteiger partial charge in [0, 0.05) is 24.0 Å². The smallest absolute Gasteiger partial charge is 0.257 e. The first-order valence-corrected chi connectivity index (χ1v) is 6.98. The van der Waals surface area contributed by atoms with Crippen molar-refractivity contribution in [3.63, 3.8) is 0 Å². The van der Waals surface area contributed by atoms with Crippen LogP contribution in [0.2, 0.25) is 0 Å². The monoisotopic (exact) mass is 317 g/mol. The van der Waals surface area contributed by atoms with E-state index in [0.717, 1.165) is 18.6 Å². The maximum Gasteiger partial charge on any atom is 0.257 e. The van der Waals surface area contributed by atoms with E-state index in [0.29, 0.717) is 17.8 Å². The Labute approximate surface area is 113 Å². The Bertz CT molecular complexity index is 466. The van der Waals surface area contributed by atoms with Crippen molar-refractivity contribution in [2.75, 3.05) is 11.9 Å². The Morgan fingerprint density at radius 1 is 1.50 bits per heavy atom. The first-order valence-electron chi connectivity index (χ1n) is 5.86. The highest BCUT2D eigenvalue weighted by Crippen LogP contribution is 2.27. The van der Waals surface area contributed by atoms with E-state index in [1.807, 2.05) is 0 Å². The van der Waals surface area contributed by atoms with Crippen LogP contribution in [0.4, 0.5) is 8.78 Å². The molecule has 1 aromatic rings. The van der Waals surface area contributed by atoms with E-state index in [2.05, 4.69) is 22.9 Å². The van der Waals surface area contributed by atoms with E-state index in [1.165, 1.54) is 6.07 Å². The summed E-state index contributed by atoms with van der Waals surface area (Å²) in [7, 11) is 0. The summed E-state index contributed by atoms with van der Waals surface area (Å²) in [5.41, 5.74) is -0.0588. The van der Waals surface area contributed by atoms with Crippen LogP contribution in [0.3, 0.4) is 0 Å². The molecule has 0 aromatic heterocycles. The van der Waals surface area contributed by atoms with Gasteiger partial charge in [-0.1, -0.05) is 22.9 Å². The summed E-state index contributed by atoms with van der Waals surface area (Å²) in [6.07, 6.45) is 0.908. The van der Waals surface area contributed by atoms with Crippen molar-refractivity contribution in [3.05, 3.63) is 35.4 Å². The third kappa shape index (κ3) is 2.41. The molecule has 1 amide bonds. The number of halogens is 3. The maximum atomic E-state index is 13.6. The van der Waals surface area contributed by atoms with Gasteiger partial charge in [-0.3, -0.25) is 4.79 Å². The topological polar surface area (TPSA) is 20.3 Å². The van der Waals surface area contributed by atoms with E-state index in [4.69, 9.17) is 0 Å². The minimum atomic E-state index is -0.798. The zero-order valence-electron chi connectivity index (χ0n) is 10.00. The fourth-order valence-electron chi connectivity index (χ4n) is 2.31. The quantitative estimate of drug-likeness (QED) is 0.767. The van der Waals surface area contributed by atoms with Gasteiger partial charge in [0.05, 0.1) is 5.56 Å². The van der Waals surface area contributed by atoms with Gasteiger partial charge >= 0.3 is 0 Å². The van der Waals surface area contributed by atoms with Crippen LogP contribution < -0.4 is 0 Å². The zero-order chi connectivity index (χ0) is 13.3. The Morgan fingerprint density at radius 2 is 2.22 bits per heavy atom. The minimum Gasteiger partial charge on any atom is -0.334 e. The lowest BCUT2D eigenvalue weighted by Crippen LogP contribution is -2.39. The first-order chi connectivity index (χ1) is 8.54. The number of hydrogen-bond acceptors (Lipinski definition) is 1. The lowest BCUT2D eigenvalue weighted by atomic mass is 10.0. The van der Waals surface area contributed by atoms with E-state index >= 15 is 0 Å². The summed E-state index contributed by atoms with van der Waals surface area (Å²) >= 11 is 3.38. The highest BCUT2D eigenvalue weighted by atomic mass is 79.9. The Kier molecular flexibility index (Phi) is 4.00. The van der Waals surface area contributed by atoms with Gasteiger partial charge in [0.1, 0.15) is 11.6 Å². The molecule has 1 fully saturated rings. The number of amides is 1. The molecule has 1 aromatic carbocycles. The molecule has 0 saturated carbocycles. The number of carbonyl (C=O) groups excluding carboxylic acids is 1. The Balaban J connectivity index is 2.26. The second-order valence-electron chi connectivity index (χ2n) is 4.61. The van der Waals surface area contributed by atoms with Crippen LogP contribution in [0.1, 0.15) is 23.7 Å². The Hall–Kier alpha value is -0.970. The van der Waals surface area contributed by atoms with E-state index < -0.39 is 11.6 Å². The molecule has 2 rings (SSSR count). The largest absolute Gasteiger partial charge is 0.334 e. The summed E-state index contributed by atoms with van der Waals surface area (Å²) < 4.78 is 26.4. The lowest BCUT2D eigenvalue weighted by molar-refractivity contribution is 0.0734. The van der Waals surface area contributed by atoms with Crippen LogP contribution in [-0.4, -0.2) is 28.7 Å². The summed E-state index contributed by atoms with van der Waals surface area (Å²) in [5, 5.41) is 0.669. The second kappa shape index (κ2) is 5.34. The maximum absolute atomic E-state index is 13.6. The number of alkyl halides is 1. The van der Waals surface area contributed by atoms with Crippen molar-refractivity contribution in [1.82, 2.24) is 4.90 Å². The molecule has 18 heavy (non-hydrogen) atoms. The third-order valence-corrected chi connectivity index (χ3v) is 4.13. The van der Waals surface area contributed by atoms with Crippen LogP contribution in [0.5, 0.6) is 0 Å². The number of hydrogen-bond donors (Lipinski definition) is 0. The molecule has 1 aliphatic heterocycles. The molecule has 1 saturated heterocycles. The molecule has 5 heteroatoms. The molecule has 1 heterocycles. The standard InChI is InChI=1S/C13H14BrF2NO/c1-8-4-5-17(12(8)7-14)13(18)10-3-2-9(15)6-11(10)16/h2-3,6,8,12H,4-5,7H2,1H3. The molecule has 0 N–H and O–H groups in total. The summed E-state index contributed by atoms with van der Waals surface area (Å²) in [6.45, 7) is 2.69. The summed E-state index contributed by atoms with van der Waals surface area (Å²) in [4.78, 5) is 13.9. The van der Waals surface area contributed by atoms with Gasteiger partial charge in [-0.25, -0.2) is 8.78 Å². The molecule has 1 aliphatic rings. The fourth-order valence-corrected chi connectivity index (χ4v) is 3.30. The van der Waals surface area contributed by atoms with Gasteiger partial charge in [-0.15, -0.1) is 0 Å². The minimum absolute atomic E-state index is 0.0588. The molecule has 2 unspecified atom stereocenters. The number of carbonyl (C=O) groups is 1. The average Bonchev–Trinajstić information content (AvgIpc) is 2.69. The third-order valence-electron chi connectivity index (χ3n) is 3.46. The van der Waals surface area contributed by atoms with Crippen LogP contribution in [0.15, 0.2) is 18.2 Å². The molecule has 0 spiro atoms. The zero-order valence-corrected chi connectivity index (χ0v) is 11.6. The van der Waals surface area contributed by atoms with Gasteiger partial charge in [-0.05, 0) is 24.5 Å². The predicted octanol–water partition coefficient (Wildman–Crippen LogP) is 3.21. The van der Waals surface area contributed by atoms with E-state index in [1.54, 1.807) is 4.90 Å². The Morgan fingerprint density at radius 3 is 2.83 bits per heavy atom. The molecular formula is C13H14BrF2NO. The van der Waals surface area contributed by atoms with Gasteiger partial charge in [-0.2, -0.15) is 0 Å². The molecule has 2 atom stereocenters. The van der Waals surface area contributed by atoms with E-state index in [-0.39, 0.29) is 17.5 Å². The van der Waals surface area contributed by atoms with Crippen molar-refractivity contribution in [3.8, 4) is 0 Å². The van der Waals surface area contributed by atoms with E-state index in [9.17, 15) is 13.6 Å². The van der Waals surface area contributed by atoms with Crippen molar-refractivity contribution in [2.45, 2.75) is 19.4 Å². The molecule has 2 nitrogen and oxygen atoms in total. The highest BCUT2D eigenvalue weighted by Gasteiger charge is 2.34. The van der Waals surface area contributed by atoms with Gasteiger partial charge < -0.3 is 4.90 Å². The van der Waals surface area contributed by atoms with Crippen molar-refractivity contribution in [1.29, 1.82) is 0 Å². The number of rotatable bonds is 2. The van der Waals surface area contributed by atoms with Gasteiger partial charge in [0.15, 0.2) is 0 Å². The van der Waals surface area contributed by atoms with Gasteiger partial charge in [0.25, 0.3) is 5.91 Å². The highest BCUT2D eigenvalue weighted by molar-refractivity contribution is 9.09. The van der Waals surface area contributed by atoms with Crippen LogP contribution in [0, 0.1) is 17.6 Å². The fraction of sp³-hybridized carbons (Fsp3) is 0.462. The molecule has 0 aliphatic carbocycles. The number of benzene rings is 1. The molecule has 98 valence electrons. The first kappa shape index (κ1) is 13.5. The van der Waals surface area contributed by atoms with Crippen LogP contribution in [-0.2, 0) is 0 Å². The summed E-state index contributed by atoms with van der Waals surface area (Å²) in [5.74, 6) is -1.44. The SMILES string of the molecule is CC1CCN(C(=O)c2ccc(F)cc2F)C1CBr. The number of nitrogens with zero attached hydrogens (tertiary/aromatic N) is 1. The van der Waals surface area contributed by atoms with Crippen LogP contribution in [0.25, 0.3) is 0 Å². The summed E-state index contributed by atoms with van der Waals surface area (Å²) in [6, 6.07) is 3.14. The average molecular weight is 318 g/mol. The normalized spacial score (nSPS) is 23.4. The van der Waals surface area contributed by atoms with Crippen molar-refractivity contribution < 1.29 is 13.6 Å². The lowest BCUT2D eigenvalue weighted by Gasteiger charge is -2.25.